The number of ether oxygens (including phenoxy) is 1. The third-order valence-corrected chi connectivity index (χ3v) is 7.43. The van der Waals surface area contributed by atoms with Gasteiger partial charge in [-0.05, 0) is 28.3 Å². The average Bonchev–Trinajstić information content (AvgIpc) is 2.97. The molecule has 4 rings (SSSR count). The van der Waals surface area contributed by atoms with E-state index in [0.717, 1.165) is 26.7 Å². The first-order valence-electron chi connectivity index (χ1n) is 12.6. The molecule has 0 amide bonds. The Labute approximate surface area is 233 Å². The van der Waals surface area contributed by atoms with Crippen LogP contribution in [-0.4, -0.2) is 35.7 Å². The molecule has 0 fully saturated rings. The molecule has 0 aromatic heterocycles. The molecule has 4 aromatic rings. The van der Waals surface area contributed by atoms with Crippen LogP contribution >= 0.6 is 15.9 Å². The van der Waals surface area contributed by atoms with Crippen molar-refractivity contribution in [3.63, 3.8) is 0 Å². The van der Waals surface area contributed by atoms with E-state index in [1.165, 1.54) is 0 Å². The van der Waals surface area contributed by atoms with Crippen LogP contribution in [0.5, 0.6) is 0 Å². The molecule has 4 aromatic carbocycles. The summed E-state index contributed by atoms with van der Waals surface area (Å²) >= 11 is 3.59. The van der Waals surface area contributed by atoms with E-state index in [2.05, 4.69) is 65.0 Å². The molecule has 4 nitrogen and oxygen atoms in total. The summed E-state index contributed by atoms with van der Waals surface area (Å²) in [6.07, 6.45) is 0.828. The maximum absolute atomic E-state index is 11.7. The quantitative estimate of drug-likeness (QED) is 0.115. The molecular weight excluding hydrogens is 536 g/mol. The SMILES string of the molecule is C=CCN(CC#N)[C@H](COC(c1ccccc1)(c1ccccc1)c1ccccc1)[C@H](O)c1ccccc1Br. The summed E-state index contributed by atoms with van der Waals surface area (Å²) in [5.41, 5.74) is 2.71. The van der Waals surface area contributed by atoms with Crippen LogP contribution in [0.2, 0.25) is 0 Å². The highest BCUT2D eigenvalue weighted by Crippen LogP contribution is 2.41. The maximum atomic E-state index is 11.7. The van der Waals surface area contributed by atoms with E-state index < -0.39 is 17.7 Å². The minimum atomic E-state index is -0.942. The van der Waals surface area contributed by atoms with Crippen molar-refractivity contribution < 1.29 is 9.84 Å². The zero-order valence-corrected chi connectivity index (χ0v) is 22.7. The van der Waals surface area contributed by atoms with Crippen LogP contribution in [-0.2, 0) is 10.3 Å². The van der Waals surface area contributed by atoms with Crippen molar-refractivity contribution in [1.82, 2.24) is 4.90 Å². The van der Waals surface area contributed by atoms with Gasteiger partial charge in [-0.15, -0.1) is 6.58 Å². The molecule has 0 aliphatic heterocycles. The normalized spacial score (nSPS) is 13.0. The van der Waals surface area contributed by atoms with Gasteiger partial charge < -0.3 is 9.84 Å². The van der Waals surface area contributed by atoms with E-state index >= 15 is 0 Å². The Kier molecular flexibility index (Phi) is 9.64. The molecule has 0 unspecified atom stereocenters. The third kappa shape index (κ3) is 5.96. The number of hydrogen-bond acceptors (Lipinski definition) is 4. The van der Waals surface area contributed by atoms with Gasteiger partial charge in [-0.25, -0.2) is 0 Å². The van der Waals surface area contributed by atoms with Crippen molar-refractivity contribution in [3.8, 4) is 6.07 Å². The standard InChI is InChI=1S/C33H31BrN2O2/c1-2-23-36(24-22-35)31(32(37)29-20-12-13-21-30(29)34)25-38-33(26-14-6-3-7-15-26,27-16-8-4-9-17-27)28-18-10-5-11-19-28/h2-21,31-32,37H,1,23-25H2/t31-,32-/m1/s1. The van der Waals surface area contributed by atoms with Gasteiger partial charge in [0.1, 0.15) is 5.60 Å². The highest BCUT2D eigenvalue weighted by molar-refractivity contribution is 9.10. The summed E-state index contributed by atoms with van der Waals surface area (Å²) in [4.78, 5) is 1.91. The molecule has 192 valence electrons. The maximum Gasteiger partial charge on any atom is 0.143 e. The van der Waals surface area contributed by atoms with Gasteiger partial charge in [0, 0.05) is 11.0 Å². The zero-order chi connectivity index (χ0) is 26.8. The van der Waals surface area contributed by atoms with Crippen molar-refractivity contribution in [3.05, 3.63) is 155 Å². The van der Waals surface area contributed by atoms with E-state index in [0.29, 0.717) is 6.54 Å². The van der Waals surface area contributed by atoms with Crippen LogP contribution in [0.15, 0.2) is 132 Å². The second kappa shape index (κ2) is 13.3. The molecule has 0 spiro atoms. The molecule has 0 aliphatic carbocycles. The van der Waals surface area contributed by atoms with E-state index in [1.807, 2.05) is 83.8 Å². The second-order valence-electron chi connectivity index (χ2n) is 9.00. The largest absolute Gasteiger partial charge is 0.387 e. The van der Waals surface area contributed by atoms with Crippen molar-refractivity contribution in [1.29, 1.82) is 5.26 Å². The summed E-state index contributed by atoms with van der Waals surface area (Å²) < 4.78 is 7.85. The molecule has 0 saturated carbocycles. The van der Waals surface area contributed by atoms with Gasteiger partial charge in [0.2, 0.25) is 0 Å². The predicted molar refractivity (Wildman–Crippen MR) is 155 cm³/mol. The smallest absolute Gasteiger partial charge is 0.143 e. The molecule has 0 bridgehead atoms. The van der Waals surface area contributed by atoms with Crippen molar-refractivity contribution in [2.75, 3.05) is 19.7 Å². The van der Waals surface area contributed by atoms with E-state index in [-0.39, 0.29) is 13.2 Å². The lowest BCUT2D eigenvalue weighted by molar-refractivity contribution is -0.0539. The van der Waals surface area contributed by atoms with E-state index in [4.69, 9.17) is 4.74 Å². The van der Waals surface area contributed by atoms with Crippen LogP contribution in [0.4, 0.5) is 0 Å². The predicted octanol–water partition coefficient (Wildman–Crippen LogP) is 6.87. The van der Waals surface area contributed by atoms with Gasteiger partial charge >= 0.3 is 0 Å². The van der Waals surface area contributed by atoms with Crippen LogP contribution in [0.3, 0.4) is 0 Å². The minimum absolute atomic E-state index is 0.122. The van der Waals surface area contributed by atoms with Gasteiger partial charge in [-0.2, -0.15) is 5.26 Å². The molecule has 0 aliphatic rings. The number of hydrogen-bond donors (Lipinski definition) is 1. The molecule has 0 saturated heterocycles. The van der Waals surface area contributed by atoms with Crippen LogP contribution in [0.1, 0.15) is 28.4 Å². The number of aliphatic hydroxyl groups excluding tert-OH is 1. The Morgan fingerprint density at radius 1 is 0.842 bits per heavy atom. The second-order valence-corrected chi connectivity index (χ2v) is 9.85. The van der Waals surface area contributed by atoms with Crippen LogP contribution < -0.4 is 0 Å². The highest BCUT2D eigenvalue weighted by Gasteiger charge is 2.40. The number of benzene rings is 4. The Hall–Kier alpha value is -3.53. The molecule has 0 radical (unpaired) electrons. The topological polar surface area (TPSA) is 56.5 Å². The van der Waals surface area contributed by atoms with E-state index in [9.17, 15) is 10.4 Å². The fourth-order valence-corrected chi connectivity index (χ4v) is 5.39. The van der Waals surface area contributed by atoms with Gasteiger partial charge in [0.15, 0.2) is 0 Å². The van der Waals surface area contributed by atoms with Gasteiger partial charge in [0.25, 0.3) is 0 Å². The van der Waals surface area contributed by atoms with Crippen molar-refractivity contribution >= 4 is 15.9 Å². The van der Waals surface area contributed by atoms with Gasteiger partial charge in [-0.3, -0.25) is 4.90 Å². The summed E-state index contributed by atoms with van der Waals surface area (Å²) in [5, 5.41) is 21.3. The fourth-order valence-electron chi connectivity index (χ4n) is 4.87. The number of nitrogens with zero attached hydrogens (tertiary/aromatic N) is 2. The summed E-state index contributed by atoms with van der Waals surface area (Å²) in [5.74, 6) is 0. The number of nitriles is 1. The Morgan fingerprint density at radius 3 is 1.76 bits per heavy atom. The molecule has 38 heavy (non-hydrogen) atoms. The van der Waals surface area contributed by atoms with Crippen molar-refractivity contribution in [2.45, 2.75) is 17.7 Å². The number of rotatable bonds is 12. The molecule has 5 heteroatoms. The Bertz CT molecular complexity index is 1240. The third-order valence-electron chi connectivity index (χ3n) is 6.71. The first-order valence-corrected chi connectivity index (χ1v) is 13.4. The first-order chi connectivity index (χ1) is 18.6. The monoisotopic (exact) mass is 566 g/mol. The average molecular weight is 568 g/mol. The summed E-state index contributed by atoms with van der Waals surface area (Å²) in [6.45, 7) is 4.58. The lowest BCUT2D eigenvalue weighted by Gasteiger charge is -2.40. The van der Waals surface area contributed by atoms with E-state index in [1.54, 1.807) is 6.08 Å². The minimum Gasteiger partial charge on any atom is -0.387 e. The Balaban J connectivity index is 1.85. The molecular formula is C33H31BrN2O2. The first kappa shape index (κ1) is 27.5. The number of halogens is 1. The summed E-state index contributed by atoms with van der Waals surface area (Å²) in [6, 6.07) is 39.7. The molecule has 2 atom stereocenters. The van der Waals surface area contributed by atoms with Crippen LogP contribution in [0, 0.1) is 11.3 Å². The summed E-state index contributed by atoms with van der Waals surface area (Å²) in [7, 11) is 0. The lowest BCUT2D eigenvalue weighted by atomic mass is 9.80. The lowest BCUT2D eigenvalue weighted by Crippen LogP contribution is -2.46. The van der Waals surface area contributed by atoms with Crippen molar-refractivity contribution in [2.24, 2.45) is 0 Å². The Morgan fingerprint density at radius 2 is 1.32 bits per heavy atom. The fraction of sp³-hybridized carbons (Fsp3) is 0.182. The number of aliphatic hydroxyl groups is 1. The molecule has 0 heterocycles. The van der Waals surface area contributed by atoms with Gasteiger partial charge in [-0.1, -0.05) is 131 Å². The zero-order valence-electron chi connectivity index (χ0n) is 21.2. The van der Waals surface area contributed by atoms with Gasteiger partial charge in [0.05, 0.1) is 31.4 Å². The molecule has 1 N–H and O–H groups in total. The highest BCUT2D eigenvalue weighted by atomic mass is 79.9. The van der Waals surface area contributed by atoms with Crippen LogP contribution in [0.25, 0.3) is 0 Å².